The van der Waals surface area contributed by atoms with Gasteiger partial charge in [0.15, 0.2) is 0 Å². The molecule has 2 N–H and O–H groups in total. The Morgan fingerprint density at radius 1 is 1.36 bits per heavy atom. The maximum atomic E-state index is 5.59. The Balaban J connectivity index is 2.30. The normalized spacial score (nSPS) is 26.5. The van der Waals surface area contributed by atoms with Gasteiger partial charge in [-0.05, 0) is 12.5 Å². The molecule has 1 aliphatic rings. The predicted octanol–water partition coefficient (Wildman–Crippen LogP) is 1.64. The van der Waals surface area contributed by atoms with Gasteiger partial charge >= 0.3 is 0 Å². The third kappa shape index (κ3) is 1.58. The molecule has 0 saturated carbocycles. The lowest BCUT2D eigenvalue weighted by molar-refractivity contribution is 0.0517. The van der Waals surface area contributed by atoms with Gasteiger partial charge in [0.25, 0.3) is 6.02 Å². The quantitative estimate of drug-likeness (QED) is 0.731. The van der Waals surface area contributed by atoms with Crippen LogP contribution in [-0.2, 0) is 10.3 Å². The molecule has 1 heterocycles. The molecule has 3 heteroatoms. The van der Waals surface area contributed by atoms with Gasteiger partial charge in [0.1, 0.15) is 5.60 Å². The topological polar surface area (TPSA) is 47.6 Å². The van der Waals surface area contributed by atoms with Crippen LogP contribution in [0.2, 0.25) is 0 Å². The van der Waals surface area contributed by atoms with Crippen LogP contribution in [0.5, 0.6) is 0 Å². The molecular formula is C11H14N2O. The Bertz CT molecular complexity index is 348. The number of nitrogens with zero attached hydrogens (tertiary/aromatic N) is 1. The molecule has 0 aromatic heterocycles. The molecule has 0 fully saturated rings. The summed E-state index contributed by atoms with van der Waals surface area (Å²) >= 11 is 0. The lowest BCUT2D eigenvalue weighted by Crippen LogP contribution is -2.37. The van der Waals surface area contributed by atoms with Gasteiger partial charge in [0.2, 0.25) is 0 Å². The zero-order chi connectivity index (χ0) is 10.0. The van der Waals surface area contributed by atoms with Crippen molar-refractivity contribution in [3.63, 3.8) is 0 Å². The Morgan fingerprint density at radius 2 is 2.07 bits per heavy atom. The van der Waals surface area contributed by atoms with E-state index >= 15 is 0 Å². The van der Waals surface area contributed by atoms with Crippen molar-refractivity contribution in [2.75, 3.05) is 6.54 Å². The number of hydrogen-bond donors (Lipinski definition) is 1. The number of amidine groups is 1. The van der Waals surface area contributed by atoms with Gasteiger partial charge in [-0.3, -0.25) is 0 Å². The number of ether oxygens (including phenoxy) is 1. The van der Waals surface area contributed by atoms with E-state index in [1.807, 2.05) is 25.1 Å². The third-order valence-corrected chi connectivity index (χ3v) is 2.57. The molecule has 1 unspecified atom stereocenters. The summed E-state index contributed by atoms with van der Waals surface area (Å²) in [5.41, 5.74) is 6.41. The van der Waals surface area contributed by atoms with Gasteiger partial charge in [-0.1, -0.05) is 30.3 Å². The maximum absolute atomic E-state index is 5.59. The van der Waals surface area contributed by atoms with Crippen molar-refractivity contribution >= 4 is 6.02 Å². The van der Waals surface area contributed by atoms with E-state index in [0.29, 0.717) is 6.02 Å². The van der Waals surface area contributed by atoms with E-state index in [-0.39, 0.29) is 5.60 Å². The van der Waals surface area contributed by atoms with Crippen LogP contribution in [0.3, 0.4) is 0 Å². The molecule has 3 nitrogen and oxygen atoms in total. The van der Waals surface area contributed by atoms with Crippen LogP contribution in [0.15, 0.2) is 35.3 Å². The number of benzene rings is 1. The highest BCUT2D eigenvalue weighted by Crippen LogP contribution is 2.30. The number of nitrogens with two attached hydrogens (primary N) is 1. The van der Waals surface area contributed by atoms with Crippen LogP contribution in [0.4, 0.5) is 0 Å². The van der Waals surface area contributed by atoms with Crippen molar-refractivity contribution in [3.8, 4) is 0 Å². The van der Waals surface area contributed by atoms with E-state index in [1.165, 1.54) is 0 Å². The van der Waals surface area contributed by atoms with Crippen molar-refractivity contribution in [1.82, 2.24) is 0 Å². The minimum Gasteiger partial charge on any atom is -0.454 e. The average molecular weight is 190 g/mol. The second kappa shape index (κ2) is 3.33. The van der Waals surface area contributed by atoms with Gasteiger partial charge in [0, 0.05) is 13.0 Å². The Hall–Kier alpha value is -1.51. The Morgan fingerprint density at radius 3 is 2.71 bits per heavy atom. The van der Waals surface area contributed by atoms with Gasteiger partial charge in [-0.25, -0.2) is 4.99 Å². The van der Waals surface area contributed by atoms with Gasteiger partial charge in [-0.2, -0.15) is 0 Å². The summed E-state index contributed by atoms with van der Waals surface area (Å²) in [4.78, 5) is 4.02. The first kappa shape index (κ1) is 9.06. The van der Waals surface area contributed by atoms with Gasteiger partial charge in [-0.15, -0.1) is 0 Å². The van der Waals surface area contributed by atoms with Crippen molar-refractivity contribution in [2.24, 2.45) is 10.7 Å². The molecule has 14 heavy (non-hydrogen) atoms. The second-order valence-corrected chi connectivity index (χ2v) is 3.67. The molecule has 0 amide bonds. The Labute approximate surface area is 83.6 Å². The third-order valence-electron chi connectivity index (χ3n) is 2.57. The van der Waals surface area contributed by atoms with Crippen molar-refractivity contribution < 1.29 is 4.74 Å². The van der Waals surface area contributed by atoms with E-state index in [4.69, 9.17) is 10.5 Å². The lowest BCUT2D eigenvalue weighted by Gasteiger charge is -2.32. The summed E-state index contributed by atoms with van der Waals surface area (Å²) in [7, 11) is 0. The Kier molecular flexibility index (Phi) is 2.15. The highest BCUT2D eigenvalue weighted by atomic mass is 16.5. The molecule has 0 bridgehead atoms. The van der Waals surface area contributed by atoms with Crippen LogP contribution in [0.1, 0.15) is 18.9 Å². The lowest BCUT2D eigenvalue weighted by atomic mass is 9.92. The average Bonchev–Trinajstić information content (AvgIpc) is 2.19. The number of aliphatic imine (C=N–C) groups is 1. The number of rotatable bonds is 1. The monoisotopic (exact) mass is 190 g/mol. The predicted molar refractivity (Wildman–Crippen MR) is 56.0 cm³/mol. The fourth-order valence-corrected chi connectivity index (χ4v) is 1.69. The SMILES string of the molecule is CC1(c2ccccc2)CCN=C(N)O1. The highest BCUT2D eigenvalue weighted by molar-refractivity contribution is 5.72. The molecule has 74 valence electrons. The van der Waals surface area contributed by atoms with E-state index in [0.717, 1.165) is 18.5 Å². The summed E-state index contributed by atoms with van der Waals surface area (Å²) < 4.78 is 5.59. The summed E-state index contributed by atoms with van der Waals surface area (Å²) in [6, 6.07) is 10.4. The smallest absolute Gasteiger partial charge is 0.282 e. The highest BCUT2D eigenvalue weighted by Gasteiger charge is 2.31. The molecule has 0 spiro atoms. The second-order valence-electron chi connectivity index (χ2n) is 3.67. The summed E-state index contributed by atoms with van der Waals surface area (Å²) in [6.07, 6.45) is 0.873. The molecule has 0 saturated heterocycles. The first-order valence-electron chi connectivity index (χ1n) is 4.75. The molecule has 1 atom stereocenters. The van der Waals surface area contributed by atoms with Gasteiger partial charge in [0.05, 0.1) is 0 Å². The largest absolute Gasteiger partial charge is 0.454 e. The fourth-order valence-electron chi connectivity index (χ4n) is 1.69. The van der Waals surface area contributed by atoms with Crippen LogP contribution in [-0.4, -0.2) is 12.6 Å². The molecule has 2 rings (SSSR count). The van der Waals surface area contributed by atoms with Crippen LogP contribution in [0, 0.1) is 0 Å². The number of hydrogen-bond acceptors (Lipinski definition) is 3. The van der Waals surface area contributed by atoms with Crippen molar-refractivity contribution in [1.29, 1.82) is 0 Å². The van der Waals surface area contributed by atoms with Gasteiger partial charge < -0.3 is 10.5 Å². The van der Waals surface area contributed by atoms with Crippen molar-refractivity contribution in [3.05, 3.63) is 35.9 Å². The molecule has 0 aliphatic carbocycles. The first-order chi connectivity index (χ1) is 6.71. The molecule has 0 radical (unpaired) electrons. The zero-order valence-corrected chi connectivity index (χ0v) is 8.23. The first-order valence-corrected chi connectivity index (χ1v) is 4.75. The minimum absolute atomic E-state index is 0.294. The summed E-state index contributed by atoms with van der Waals surface area (Å²) in [5.74, 6) is 0. The molecule has 1 aromatic rings. The van der Waals surface area contributed by atoms with E-state index in [1.54, 1.807) is 0 Å². The molecule has 1 aromatic carbocycles. The fraction of sp³-hybridized carbons (Fsp3) is 0.364. The van der Waals surface area contributed by atoms with Crippen LogP contribution in [0.25, 0.3) is 0 Å². The summed E-state index contributed by atoms with van der Waals surface area (Å²) in [6.45, 7) is 2.78. The molecule has 1 aliphatic heterocycles. The molecular weight excluding hydrogens is 176 g/mol. The standard InChI is InChI=1S/C11H14N2O/c1-11(7-8-13-10(12)14-11)9-5-3-2-4-6-9/h2-6H,7-8H2,1H3,(H2,12,13). The van der Waals surface area contributed by atoms with E-state index < -0.39 is 0 Å². The van der Waals surface area contributed by atoms with Crippen LogP contribution >= 0.6 is 0 Å². The van der Waals surface area contributed by atoms with Crippen molar-refractivity contribution in [2.45, 2.75) is 18.9 Å². The van der Waals surface area contributed by atoms with E-state index in [9.17, 15) is 0 Å². The van der Waals surface area contributed by atoms with E-state index in [2.05, 4.69) is 17.1 Å². The minimum atomic E-state index is -0.312. The maximum Gasteiger partial charge on any atom is 0.282 e. The zero-order valence-electron chi connectivity index (χ0n) is 8.23. The van der Waals surface area contributed by atoms with Crippen LogP contribution < -0.4 is 5.73 Å². The summed E-state index contributed by atoms with van der Waals surface area (Å²) in [5, 5.41) is 0.